The minimum atomic E-state index is -0.473. The summed E-state index contributed by atoms with van der Waals surface area (Å²) in [5, 5.41) is 15.3. The molecule has 3 aromatic rings. The summed E-state index contributed by atoms with van der Waals surface area (Å²) in [4.78, 5) is 25.4. The first kappa shape index (κ1) is 21.1. The van der Waals surface area contributed by atoms with E-state index in [2.05, 4.69) is 15.2 Å². The summed E-state index contributed by atoms with van der Waals surface area (Å²) < 4.78 is 7.19. The highest BCUT2D eigenvalue weighted by Crippen LogP contribution is 2.23. The predicted octanol–water partition coefficient (Wildman–Crippen LogP) is 2.55. The monoisotopic (exact) mass is 407 g/mol. The van der Waals surface area contributed by atoms with Crippen LogP contribution in [-0.2, 0) is 11.3 Å². The van der Waals surface area contributed by atoms with E-state index in [1.165, 1.54) is 0 Å². The Morgan fingerprint density at radius 2 is 1.87 bits per heavy atom. The first-order valence-electron chi connectivity index (χ1n) is 9.71. The fourth-order valence-electron chi connectivity index (χ4n) is 3.17. The second-order valence-corrected chi connectivity index (χ2v) is 6.61. The van der Waals surface area contributed by atoms with Crippen molar-refractivity contribution >= 4 is 28.8 Å². The maximum Gasteiger partial charge on any atom is 0.267 e. The lowest BCUT2D eigenvalue weighted by Gasteiger charge is -2.11. The maximum atomic E-state index is 12.7. The average Bonchev–Trinajstić information content (AvgIpc) is 3.14. The molecule has 7 nitrogen and oxygen atoms in total. The molecule has 3 N–H and O–H groups in total. The normalized spacial score (nSPS) is 11.4. The molecule has 2 aromatic carbocycles. The third kappa shape index (κ3) is 4.69. The highest BCUT2D eigenvalue weighted by atomic mass is 16.5. The number of aliphatic hydroxyl groups excluding tert-OH is 1. The third-order valence-electron chi connectivity index (χ3n) is 4.70. The second-order valence-electron chi connectivity index (χ2n) is 6.61. The summed E-state index contributed by atoms with van der Waals surface area (Å²) in [6, 6.07) is 14.5. The number of nitrogens with one attached hydrogen (secondary N) is 2. The summed E-state index contributed by atoms with van der Waals surface area (Å²) in [5.74, 6) is -0.253. The van der Waals surface area contributed by atoms with E-state index in [9.17, 15) is 9.59 Å². The number of fused-ring (bicyclic) bond motifs is 1. The number of benzene rings is 2. The summed E-state index contributed by atoms with van der Waals surface area (Å²) in [6.45, 7) is 2.71. The summed E-state index contributed by atoms with van der Waals surface area (Å²) in [6.07, 6.45) is 3.60. The lowest BCUT2D eigenvalue weighted by molar-refractivity contribution is -0.117. The Kier molecular flexibility index (Phi) is 6.87. The molecule has 30 heavy (non-hydrogen) atoms. The minimum absolute atomic E-state index is 0.0886. The van der Waals surface area contributed by atoms with Crippen LogP contribution in [0, 0.1) is 0 Å². The molecule has 0 aliphatic heterocycles. The number of hydrogen-bond acceptors (Lipinski definition) is 4. The molecule has 0 atom stereocenters. The van der Waals surface area contributed by atoms with Crippen LogP contribution in [0.2, 0.25) is 0 Å². The number of ether oxygens (including phenoxy) is 1. The topological polar surface area (TPSA) is 92.6 Å². The van der Waals surface area contributed by atoms with Crippen LogP contribution in [0.4, 0.5) is 0 Å². The van der Waals surface area contributed by atoms with Gasteiger partial charge in [-0.1, -0.05) is 18.2 Å². The molecule has 1 heterocycles. The molecular formula is C23H25N3O4. The number of rotatable bonds is 8. The van der Waals surface area contributed by atoms with Gasteiger partial charge in [-0.05, 0) is 43.3 Å². The average molecular weight is 407 g/mol. The van der Waals surface area contributed by atoms with Crippen LogP contribution in [0.5, 0.6) is 5.75 Å². The number of carbonyl (C=O) groups excluding carboxylic acids is 2. The van der Waals surface area contributed by atoms with Crippen molar-refractivity contribution in [1.82, 2.24) is 15.2 Å². The number of aryl methyl sites for hydroxylation is 1. The number of nitrogens with zero attached hydrogens (tertiary/aromatic N) is 1. The van der Waals surface area contributed by atoms with Crippen molar-refractivity contribution in [2.45, 2.75) is 13.5 Å². The van der Waals surface area contributed by atoms with Gasteiger partial charge >= 0.3 is 0 Å². The van der Waals surface area contributed by atoms with E-state index in [-0.39, 0.29) is 18.8 Å². The SMILES string of the molecule is CCn1cc(C=C(NC(=O)c2ccc(OC)cc2)C(=O)NCCO)c2ccccc21. The number of aliphatic hydroxyl groups is 1. The van der Waals surface area contributed by atoms with E-state index in [1.807, 2.05) is 37.4 Å². The lowest BCUT2D eigenvalue weighted by Crippen LogP contribution is -2.36. The van der Waals surface area contributed by atoms with E-state index in [0.717, 1.165) is 23.0 Å². The van der Waals surface area contributed by atoms with Crippen LogP contribution in [-0.4, -0.2) is 41.7 Å². The molecule has 1 aromatic heterocycles. The van der Waals surface area contributed by atoms with Crippen LogP contribution in [0.3, 0.4) is 0 Å². The Labute approximate surface area is 175 Å². The number of carbonyl (C=O) groups is 2. The van der Waals surface area contributed by atoms with Crippen LogP contribution in [0.1, 0.15) is 22.8 Å². The van der Waals surface area contributed by atoms with Crippen molar-refractivity contribution in [3.05, 3.63) is 71.6 Å². The summed E-state index contributed by atoms with van der Waals surface area (Å²) in [7, 11) is 1.55. The molecule has 0 saturated heterocycles. The van der Waals surface area contributed by atoms with Crippen molar-refractivity contribution in [2.24, 2.45) is 0 Å². The van der Waals surface area contributed by atoms with Crippen molar-refractivity contribution < 1.29 is 19.4 Å². The molecular weight excluding hydrogens is 382 g/mol. The second kappa shape index (κ2) is 9.76. The standard InChI is InChI=1S/C23H25N3O4/c1-3-26-15-17(19-6-4-5-7-21(19)26)14-20(23(29)24-12-13-27)25-22(28)16-8-10-18(30-2)11-9-16/h4-11,14-15,27H,3,12-13H2,1-2H3,(H,24,29)(H,25,28). The molecule has 0 spiro atoms. The van der Waals surface area contributed by atoms with E-state index >= 15 is 0 Å². The molecule has 3 rings (SSSR count). The third-order valence-corrected chi connectivity index (χ3v) is 4.70. The van der Waals surface area contributed by atoms with Crippen LogP contribution < -0.4 is 15.4 Å². The zero-order chi connectivity index (χ0) is 21.5. The van der Waals surface area contributed by atoms with Gasteiger partial charge in [-0.2, -0.15) is 0 Å². The number of methoxy groups -OCH3 is 1. The van der Waals surface area contributed by atoms with Crippen molar-refractivity contribution in [1.29, 1.82) is 0 Å². The van der Waals surface area contributed by atoms with Gasteiger partial charge in [0.25, 0.3) is 11.8 Å². The van der Waals surface area contributed by atoms with Gasteiger partial charge in [-0.3, -0.25) is 9.59 Å². The lowest BCUT2D eigenvalue weighted by atomic mass is 10.1. The van der Waals surface area contributed by atoms with Crippen LogP contribution >= 0.6 is 0 Å². The number of para-hydroxylation sites is 1. The van der Waals surface area contributed by atoms with Crippen molar-refractivity contribution in [3.8, 4) is 5.75 Å². The molecule has 2 amide bonds. The Balaban J connectivity index is 1.96. The fourth-order valence-corrected chi connectivity index (χ4v) is 3.17. The molecule has 0 unspecified atom stereocenters. The van der Waals surface area contributed by atoms with Crippen molar-refractivity contribution in [2.75, 3.05) is 20.3 Å². The first-order valence-corrected chi connectivity index (χ1v) is 9.71. The molecule has 0 bridgehead atoms. The van der Waals surface area contributed by atoms with Gasteiger partial charge in [-0.15, -0.1) is 0 Å². The van der Waals surface area contributed by atoms with Crippen LogP contribution in [0.15, 0.2) is 60.4 Å². The van der Waals surface area contributed by atoms with Gasteiger partial charge in [-0.25, -0.2) is 0 Å². The Morgan fingerprint density at radius 3 is 2.53 bits per heavy atom. The van der Waals surface area contributed by atoms with E-state index < -0.39 is 11.8 Å². The largest absolute Gasteiger partial charge is 0.497 e. The van der Waals surface area contributed by atoms with Crippen LogP contribution in [0.25, 0.3) is 17.0 Å². The van der Waals surface area contributed by atoms with E-state index in [0.29, 0.717) is 11.3 Å². The van der Waals surface area contributed by atoms with Gasteiger partial charge in [0.2, 0.25) is 0 Å². The smallest absolute Gasteiger partial charge is 0.267 e. The van der Waals surface area contributed by atoms with Crippen molar-refractivity contribution in [3.63, 3.8) is 0 Å². The van der Waals surface area contributed by atoms with E-state index in [4.69, 9.17) is 9.84 Å². The molecule has 0 aliphatic rings. The molecule has 156 valence electrons. The summed E-state index contributed by atoms with van der Waals surface area (Å²) >= 11 is 0. The minimum Gasteiger partial charge on any atom is -0.497 e. The quantitative estimate of drug-likeness (QED) is 0.501. The Bertz CT molecular complexity index is 1070. The molecule has 7 heteroatoms. The molecule has 0 aliphatic carbocycles. The highest BCUT2D eigenvalue weighted by Gasteiger charge is 2.16. The maximum absolute atomic E-state index is 12.7. The Hall–Kier alpha value is -3.58. The molecule has 0 fully saturated rings. The van der Waals surface area contributed by atoms with Gasteiger partial charge < -0.3 is 25.0 Å². The van der Waals surface area contributed by atoms with Gasteiger partial charge in [0.05, 0.1) is 13.7 Å². The highest BCUT2D eigenvalue weighted by molar-refractivity contribution is 6.06. The first-order chi connectivity index (χ1) is 14.6. The number of aromatic nitrogens is 1. The van der Waals surface area contributed by atoms with E-state index in [1.54, 1.807) is 37.5 Å². The van der Waals surface area contributed by atoms with Gasteiger partial charge in [0.15, 0.2) is 0 Å². The van der Waals surface area contributed by atoms with Gasteiger partial charge in [0, 0.05) is 41.3 Å². The zero-order valence-electron chi connectivity index (χ0n) is 17.0. The number of hydrogen-bond donors (Lipinski definition) is 3. The number of amides is 2. The molecule has 0 saturated carbocycles. The summed E-state index contributed by atoms with van der Waals surface area (Å²) in [5.41, 5.74) is 2.36. The molecule has 0 radical (unpaired) electrons. The van der Waals surface area contributed by atoms with Gasteiger partial charge in [0.1, 0.15) is 11.4 Å². The Morgan fingerprint density at radius 1 is 1.13 bits per heavy atom. The fraction of sp³-hybridized carbons (Fsp3) is 0.217. The zero-order valence-corrected chi connectivity index (χ0v) is 17.0. The predicted molar refractivity (Wildman–Crippen MR) is 116 cm³/mol.